The van der Waals surface area contributed by atoms with Gasteiger partial charge >= 0.3 is 5.97 Å². The van der Waals surface area contributed by atoms with Crippen LogP contribution in [0.4, 0.5) is 5.82 Å². The van der Waals surface area contributed by atoms with Crippen LogP contribution in [0.15, 0.2) is 18.6 Å². The molecule has 0 unspecified atom stereocenters. The first-order valence-electron chi connectivity index (χ1n) is 4.79. The maximum atomic E-state index is 11.2. The molecule has 2 aromatic heterocycles. The van der Waals surface area contributed by atoms with Crippen molar-refractivity contribution in [3.05, 3.63) is 30.2 Å². The lowest BCUT2D eigenvalue weighted by molar-refractivity contribution is 0.0587. The molecule has 2 rings (SSSR count). The largest absolute Gasteiger partial charge is 0.463 e. The van der Waals surface area contributed by atoms with E-state index in [-0.39, 0.29) is 5.82 Å². The van der Waals surface area contributed by atoms with Gasteiger partial charge in [0, 0.05) is 6.20 Å². The van der Waals surface area contributed by atoms with Gasteiger partial charge in [-0.2, -0.15) is 5.10 Å². The van der Waals surface area contributed by atoms with Crippen LogP contribution in [-0.4, -0.2) is 38.2 Å². The van der Waals surface area contributed by atoms with Gasteiger partial charge in [-0.25, -0.2) is 19.7 Å². The summed E-state index contributed by atoms with van der Waals surface area (Å²) in [5, 5.41) is 9.38. The summed E-state index contributed by atoms with van der Waals surface area (Å²) in [4.78, 5) is 22.9. The number of hydrogen-bond donors (Lipinski definition) is 2. The molecular formula is C9H10N6O2. The zero-order chi connectivity index (χ0) is 12.1. The Hall–Kier alpha value is -2.51. The van der Waals surface area contributed by atoms with Gasteiger partial charge in [-0.1, -0.05) is 0 Å². The van der Waals surface area contributed by atoms with Crippen molar-refractivity contribution in [2.75, 3.05) is 12.4 Å². The first kappa shape index (κ1) is 11.0. The molecule has 2 heterocycles. The molecule has 0 saturated heterocycles. The van der Waals surface area contributed by atoms with E-state index in [4.69, 9.17) is 0 Å². The lowest BCUT2D eigenvalue weighted by Crippen LogP contribution is -2.10. The third kappa shape index (κ3) is 2.74. The number of carbonyl (C=O) groups excluding carboxylic acids is 1. The topological polar surface area (TPSA) is 106 Å². The van der Waals surface area contributed by atoms with E-state index in [1.807, 2.05) is 0 Å². The van der Waals surface area contributed by atoms with Gasteiger partial charge in [-0.05, 0) is 6.07 Å². The number of aromatic amines is 1. The fourth-order valence-electron chi connectivity index (χ4n) is 1.14. The van der Waals surface area contributed by atoms with Gasteiger partial charge in [0.05, 0.1) is 13.7 Å². The molecule has 8 nitrogen and oxygen atoms in total. The SMILES string of the molecule is COC(=O)c1nccc(NCc2ncn[nH]2)n1. The fraction of sp³-hybridized carbons (Fsp3) is 0.222. The highest BCUT2D eigenvalue weighted by molar-refractivity contribution is 5.85. The van der Waals surface area contributed by atoms with Crippen molar-refractivity contribution >= 4 is 11.8 Å². The number of aromatic nitrogens is 5. The van der Waals surface area contributed by atoms with Crippen molar-refractivity contribution in [1.82, 2.24) is 25.1 Å². The van der Waals surface area contributed by atoms with Gasteiger partial charge in [-0.15, -0.1) is 0 Å². The molecule has 0 bridgehead atoms. The van der Waals surface area contributed by atoms with E-state index in [1.54, 1.807) is 6.07 Å². The molecule has 0 atom stereocenters. The minimum absolute atomic E-state index is 0.00932. The summed E-state index contributed by atoms with van der Waals surface area (Å²) in [5.41, 5.74) is 0. The van der Waals surface area contributed by atoms with Crippen LogP contribution in [0.25, 0.3) is 0 Å². The highest BCUT2D eigenvalue weighted by Crippen LogP contribution is 2.04. The van der Waals surface area contributed by atoms with E-state index >= 15 is 0 Å². The number of carbonyl (C=O) groups is 1. The molecule has 0 amide bonds. The van der Waals surface area contributed by atoms with Crippen LogP contribution in [0.3, 0.4) is 0 Å². The predicted molar refractivity (Wildman–Crippen MR) is 57.1 cm³/mol. The Morgan fingerprint density at radius 3 is 3.12 bits per heavy atom. The molecular weight excluding hydrogens is 224 g/mol. The molecule has 88 valence electrons. The van der Waals surface area contributed by atoms with Crippen molar-refractivity contribution < 1.29 is 9.53 Å². The molecule has 0 aliphatic carbocycles. The number of nitrogens with one attached hydrogen (secondary N) is 2. The fourth-order valence-corrected chi connectivity index (χ4v) is 1.14. The second-order valence-corrected chi connectivity index (χ2v) is 3.04. The molecule has 2 aromatic rings. The van der Waals surface area contributed by atoms with E-state index in [2.05, 4.69) is 35.2 Å². The van der Waals surface area contributed by atoms with Gasteiger partial charge in [0.2, 0.25) is 5.82 Å². The molecule has 0 saturated carbocycles. The Bertz CT molecular complexity index is 498. The molecule has 0 aromatic carbocycles. The summed E-state index contributed by atoms with van der Waals surface area (Å²) < 4.78 is 4.52. The number of ether oxygens (including phenoxy) is 1. The van der Waals surface area contributed by atoms with Crippen molar-refractivity contribution in [1.29, 1.82) is 0 Å². The molecule has 0 fully saturated rings. The molecule has 0 aliphatic rings. The molecule has 2 N–H and O–H groups in total. The molecule has 17 heavy (non-hydrogen) atoms. The Balaban J connectivity index is 2.03. The van der Waals surface area contributed by atoms with Crippen molar-refractivity contribution in [3.63, 3.8) is 0 Å². The quantitative estimate of drug-likeness (QED) is 0.717. The predicted octanol–water partition coefficient (Wildman–Crippen LogP) is -0.00660. The zero-order valence-electron chi connectivity index (χ0n) is 9.04. The number of anilines is 1. The summed E-state index contributed by atoms with van der Waals surface area (Å²) >= 11 is 0. The van der Waals surface area contributed by atoms with E-state index < -0.39 is 5.97 Å². The van der Waals surface area contributed by atoms with Gasteiger partial charge < -0.3 is 10.1 Å². The zero-order valence-corrected chi connectivity index (χ0v) is 9.04. The Kier molecular flexibility index (Phi) is 3.24. The Labute approximate surface area is 96.5 Å². The van der Waals surface area contributed by atoms with Crippen LogP contribution < -0.4 is 5.32 Å². The van der Waals surface area contributed by atoms with Crippen molar-refractivity contribution in [2.24, 2.45) is 0 Å². The van der Waals surface area contributed by atoms with E-state index in [0.717, 1.165) is 0 Å². The monoisotopic (exact) mass is 234 g/mol. The second kappa shape index (κ2) is 5.01. The number of methoxy groups -OCH3 is 1. The molecule has 0 spiro atoms. The minimum Gasteiger partial charge on any atom is -0.463 e. The first-order chi connectivity index (χ1) is 8.29. The Morgan fingerprint density at radius 1 is 1.53 bits per heavy atom. The molecule has 8 heteroatoms. The second-order valence-electron chi connectivity index (χ2n) is 3.04. The van der Waals surface area contributed by atoms with Crippen molar-refractivity contribution in [3.8, 4) is 0 Å². The number of rotatable bonds is 4. The van der Waals surface area contributed by atoms with E-state index in [0.29, 0.717) is 18.2 Å². The Morgan fingerprint density at radius 2 is 2.41 bits per heavy atom. The van der Waals surface area contributed by atoms with Crippen LogP contribution >= 0.6 is 0 Å². The van der Waals surface area contributed by atoms with Crippen LogP contribution in [0, 0.1) is 0 Å². The average molecular weight is 234 g/mol. The number of nitrogens with zero attached hydrogens (tertiary/aromatic N) is 4. The highest BCUT2D eigenvalue weighted by atomic mass is 16.5. The summed E-state index contributed by atoms with van der Waals surface area (Å²) in [5.74, 6) is 0.614. The summed E-state index contributed by atoms with van der Waals surface area (Å²) in [6, 6.07) is 1.64. The third-order valence-corrected chi connectivity index (χ3v) is 1.93. The summed E-state index contributed by atoms with van der Waals surface area (Å²) in [7, 11) is 1.28. The van der Waals surface area contributed by atoms with Crippen LogP contribution in [0.5, 0.6) is 0 Å². The lowest BCUT2D eigenvalue weighted by Gasteiger charge is -2.03. The average Bonchev–Trinajstić information content (AvgIpc) is 2.89. The normalized spacial score (nSPS) is 9.94. The summed E-state index contributed by atoms with van der Waals surface area (Å²) in [6.45, 7) is 0.428. The van der Waals surface area contributed by atoms with Crippen LogP contribution in [0.1, 0.15) is 16.4 Å². The minimum atomic E-state index is -0.576. The first-order valence-corrected chi connectivity index (χ1v) is 4.79. The maximum Gasteiger partial charge on any atom is 0.376 e. The molecule has 0 aliphatic heterocycles. The smallest absolute Gasteiger partial charge is 0.376 e. The highest BCUT2D eigenvalue weighted by Gasteiger charge is 2.09. The van der Waals surface area contributed by atoms with Gasteiger partial charge in [0.15, 0.2) is 0 Å². The van der Waals surface area contributed by atoms with Gasteiger partial charge in [0.1, 0.15) is 18.0 Å². The number of esters is 1. The van der Waals surface area contributed by atoms with Crippen LogP contribution in [0.2, 0.25) is 0 Å². The van der Waals surface area contributed by atoms with E-state index in [1.165, 1.54) is 19.6 Å². The molecule has 0 radical (unpaired) electrons. The lowest BCUT2D eigenvalue weighted by atomic mass is 10.5. The number of hydrogen-bond acceptors (Lipinski definition) is 7. The third-order valence-electron chi connectivity index (χ3n) is 1.93. The van der Waals surface area contributed by atoms with Crippen LogP contribution in [-0.2, 0) is 11.3 Å². The number of H-pyrrole nitrogens is 1. The van der Waals surface area contributed by atoms with Crippen molar-refractivity contribution in [2.45, 2.75) is 6.54 Å². The van der Waals surface area contributed by atoms with Gasteiger partial charge in [-0.3, -0.25) is 5.10 Å². The maximum absolute atomic E-state index is 11.2. The standard InChI is InChI=1S/C9H10N6O2/c1-17-9(16)8-10-3-2-6(14-8)11-4-7-12-5-13-15-7/h2-3,5H,4H2,1H3,(H,10,11,14)(H,12,13,15). The van der Waals surface area contributed by atoms with Gasteiger partial charge in [0.25, 0.3) is 0 Å². The summed E-state index contributed by atoms with van der Waals surface area (Å²) in [6.07, 6.45) is 2.89. The van der Waals surface area contributed by atoms with E-state index in [9.17, 15) is 4.79 Å².